The highest BCUT2D eigenvalue weighted by Gasteiger charge is 2.33. The minimum atomic E-state index is 0.125. The second kappa shape index (κ2) is 7.06. The molecule has 19 heavy (non-hydrogen) atoms. The van der Waals surface area contributed by atoms with Gasteiger partial charge >= 0.3 is 0 Å². The fourth-order valence-electron chi connectivity index (χ4n) is 2.82. The first-order valence-electron chi connectivity index (χ1n) is 7.39. The number of nitrogens with zero attached hydrogens (tertiary/aromatic N) is 1. The van der Waals surface area contributed by atoms with Gasteiger partial charge in [-0.1, -0.05) is 37.6 Å². The van der Waals surface area contributed by atoms with Crippen LogP contribution in [-0.4, -0.2) is 31.7 Å². The third kappa shape index (κ3) is 3.58. The van der Waals surface area contributed by atoms with E-state index in [1.165, 1.54) is 16.7 Å². The SMILES string of the molecule is CC.COCCN1CCc2cc(C)ccc2C1(C)C. The molecule has 0 radical (unpaired) electrons. The van der Waals surface area contributed by atoms with E-state index < -0.39 is 0 Å². The molecule has 1 aliphatic heterocycles. The molecule has 1 heterocycles. The Morgan fingerprint density at radius 2 is 1.95 bits per heavy atom. The van der Waals surface area contributed by atoms with Crippen molar-refractivity contribution in [3.8, 4) is 0 Å². The Labute approximate surface area is 118 Å². The number of methoxy groups -OCH3 is 1. The summed E-state index contributed by atoms with van der Waals surface area (Å²) in [6.45, 7) is 13.8. The van der Waals surface area contributed by atoms with Gasteiger partial charge in [0.25, 0.3) is 0 Å². The average Bonchev–Trinajstić information content (AvgIpc) is 2.39. The standard InChI is InChI=1S/C15H23NO.C2H6/c1-12-5-6-14-13(11-12)7-8-16(9-10-17-4)15(14,2)3;1-2/h5-6,11H,7-10H2,1-4H3;1-2H3. The molecule has 2 rings (SSSR count). The quantitative estimate of drug-likeness (QED) is 0.823. The van der Waals surface area contributed by atoms with Gasteiger partial charge in [0.15, 0.2) is 0 Å². The Hall–Kier alpha value is -0.860. The molecule has 2 nitrogen and oxygen atoms in total. The number of fused-ring (bicyclic) bond motifs is 1. The minimum absolute atomic E-state index is 0.125. The van der Waals surface area contributed by atoms with Crippen LogP contribution in [0.1, 0.15) is 44.4 Å². The molecular weight excluding hydrogens is 234 g/mol. The van der Waals surface area contributed by atoms with Gasteiger partial charge in [-0.15, -0.1) is 0 Å². The molecule has 0 unspecified atom stereocenters. The predicted octanol–water partition coefficient (Wildman–Crippen LogP) is 3.76. The van der Waals surface area contributed by atoms with Crippen molar-refractivity contribution >= 4 is 0 Å². The molecule has 0 atom stereocenters. The summed E-state index contributed by atoms with van der Waals surface area (Å²) < 4.78 is 5.20. The first-order chi connectivity index (χ1) is 9.05. The molecule has 2 heteroatoms. The van der Waals surface area contributed by atoms with Crippen LogP contribution >= 0.6 is 0 Å². The number of rotatable bonds is 3. The van der Waals surface area contributed by atoms with E-state index in [1.807, 2.05) is 13.8 Å². The van der Waals surface area contributed by atoms with Gasteiger partial charge < -0.3 is 4.74 Å². The zero-order valence-electron chi connectivity index (χ0n) is 13.4. The van der Waals surface area contributed by atoms with E-state index in [0.29, 0.717) is 0 Å². The summed E-state index contributed by atoms with van der Waals surface area (Å²) in [4.78, 5) is 2.52. The maximum Gasteiger partial charge on any atom is 0.0589 e. The van der Waals surface area contributed by atoms with Gasteiger partial charge in [0.05, 0.1) is 6.61 Å². The molecule has 0 amide bonds. The zero-order valence-corrected chi connectivity index (χ0v) is 13.4. The van der Waals surface area contributed by atoms with E-state index in [0.717, 1.165) is 26.1 Å². The first kappa shape index (κ1) is 16.2. The Morgan fingerprint density at radius 1 is 1.26 bits per heavy atom. The van der Waals surface area contributed by atoms with Crippen molar-refractivity contribution in [3.63, 3.8) is 0 Å². The highest BCUT2D eigenvalue weighted by Crippen LogP contribution is 2.35. The zero-order chi connectivity index (χ0) is 14.5. The lowest BCUT2D eigenvalue weighted by molar-refractivity contribution is 0.0677. The summed E-state index contributed by atoms with van der Waals surface area (Å²) in [5.74, 6) is 0. The van der Waals surface area contributed by atoms with Crippen molar-refractivity contribution in [3.05, 3.63) is 34.9 Å². The predicted molar refractivity (Wildman–Crippen MR) is 82.7 cm³/mol. The normalized spacial score (nSPS) is 17.4. The molecule has 0 spiro atoms. The number of ether oxygens (including phenoxy) is 1. The van der Waals surface area contributed by atoms with Crippen LogP contribution < -0.4 is 0 Å². The van der Waals surface area contributed by atoms with Crippen molar-refractivity contribution in [2.24, 2.45) is 0 Å². The van der Waals surface area contributed by atoms with E-state index in [2.05, 4.69) is 43.9 Å². The van der Waals surface area contributed by atoms with Gasteiger partial charge in [-0.2, -0.15) is 0 Å². The van der Waals surface area contributed by atoms with Crippen LogP contribution in [-0.2, 0) is 16.7 Å². The number of aryl methyl sites for hydroxylation is 1. The van der Waals surface area contributed by atoms with Crippen molar-refractivity contribution in [1.29, 1.82) is 0 Å². The Balaban J connectivity index is 0.000000861. The summed E-state index contributed by atoms with van der Waals surface area (Å²) in [6, 6.07) is 6.86. The van der Waals surface area contributed by atoms with Crippen molar-refractivity contribution < 1.29 is 4.74 Å². The van der Waals surface area contributed by atoms with Crippen LogP contribution in [0.5, 0.6) is 0 Å². The maximum atomic E-state index is 5.20. The fourth-order valence-corrected chi connectivity index (χ4v) is 2.82. The third-order valence-corrected chi connectivity index (χ3v) is 3.93. The van der Waals surface area contributed by atoms with Crippen molar-refractivity contribution in [2.45, 2.75) is 46.6 Å². The van der Waals surface area contributed by atoms with Crippen LogP contribution in [0.2, 0.25) is 0 Å². The number of hydrogen-bond acceptors (Lipinski definition) is 2. The molecule has 0 N–H and O–H groups in total. The molecular formula is C17H29NO. The van der Waals surface area contributed by atoms with E-state index in [1.54, 1.807) is 7.11 Å². The second-order valence-electron chi connectivity index (χ2n) is 5.45. The smallest absolute Gasteiger partial charge is 0.0589 e. The molecule has 0 saturated carbocycles. The Kier molecular flexibility index (Phi) is 6.02. The van der Waals surface area contributed by atoms with E-state index in [9.17, 15) is 0 Å². The fraction of sp³-hybridized carbons (Fsp3) is 0.647. The summed E-state index contributed by atoms with van der Waals surface area (Å²) in [6.07, 6.45) is 1.16. The molecule has 0 saturated heterocycles. The van der Waals surface area contributed by atoms with Gasteiger partial charge in [0, 0.05) is 25.7 Å². The highest BCUT2D eigenvalue weighted by atomic mass is 16.5. The monoisotopic (exact) mass is 263 g/mol. The molecule has 0 aromatic heterocycles. The Morgan fingerprint density at radius 3 is 2.58 bits per heavy atom. The topological polar surface area (TPSA) is 12.5 Å². The van der Waals surface area contributed by atoms with E-state index in [4.69, 9.17) is 4.74 Å². The lowest BCUT2D eigenvalue weighted by atomic mass is 9.82. The molecule has 1 aromatic carbocycles. The summed E-state index contributed by atoms with van der Waals surface area (Å²) in [7, 11) is 1.77. The van der Waals surface area contributed by atoms with Gasteiger partial charge in [-0.3, -0.25) is 4.90 Å². The molecule has 108 valence electrons. The van der Waals surface area contributed by atoms with E-state index in [-0.39, 0.29) is 5.54 Å². The summed E-state index contributed by atoms with van der Waals surface area (Å²) in [5, 5.41) is 0. The van der Waals surface area contributed by atoms with Crippen LogP contribution in [0, 0.1) is 6.92 Å². The largest absolute Gasteiger partial charge is 0.383 e. The third-order valence-electron chi connectivity index (χ3n) is 3.93. The van der Waals surface area contributed by atoms with Crippen LogP contribution in [0.15, 0.2) is 18.2 Å². The molecule has 1 aromatic rings. The highest BCUT2D eigenvalue weighted by molar-refractivity contribution is 5.38. The number of hydrogen-bond donors (Lipinski definition) is 0. The second-order valence-corrected chi connectivity index (χ2v) is 5.45. The van der Waals surface area contributed by atoms with Crippen LogP contribution in [0.25, 0.3) is 0 Å². The average molecular weight is 263 g/mol. The van der Waals surface area contributed by atoms with Crippen molar-refractivity contribution in [1.82, 2.24) is 4.90 Å². The number of benzene rings is 1. The van der Waals surface area contributed by atoms with Gasteiger partial charge in [-0.05, 0) is 38.3 Å². The molecule has 0 bridgehead atoms. The van der Waals surface area contributed by atoms with Gasteiger partial charge in [-0.25, -0.2) is 0 Å². The van der Waals surface area contributed by atoms with Crippen LogP contribution in [0.4, 0.5) is 0 Å². The lowest BCUT2D eigenvalue weighted by Crippen LogP contribution is -2.48. The van der Waals surface area contributed by atoms with Crippen LogP contribution in [0.3, 0.4) is 0 Å². The summed E-state index contributed by atoms with van der Waals surface area (Å²) >= 11 is 0. The lowest BCUT2D eigenvalue weighted by Gasteiger charge is -2.44. The van der Waals surface area contributed by atoms with Gasteiger partial charge in [0.1, 0.15) is 0 Å². The van der Waals surface area contributed by atoms with Gasteiger partial charge in [0.2, 0.25) is 0 Å². The summed E-state index contributed by atoms with van der Waals surface area (Å²) in [5.41, 5.74) is 4.49. The maximum absolute atomic E-state index is 5.20. The first-order valence-corrected chi connectivity index (χ1v) is 7.39. The van der Waals surface area contributed by atoms with E-state index >= 15 is 0 Å². The molecule has 0 aliphatic carbocycles. The van der Waals surface area contributed by atoms with Crippen molar-refractivity contribution in [2.75, 3.05) is 26.8 Å². The Bertz CT molecular complexity index is 398. The molecule has 1 aliphatic rings. The minimum Gasteiger partial charge on any atom is -0.383 e. The molecule has 0 fully saturated rings.